The van der Waals surface area contributed by atoms with Crippen molar-refractivity contribution >= 4 is 43.7 Å². The van der Waals surface area contributed by atoms with Gasteiger partial charge in [-0.3, -0.25) is 0 Å². The monoisotopic (exact) mass is 296 g/mol. The second kappa shape index (κ2) is 9.37. The van der Waals surface area contributed by atoms with Crippen molar-refractivity contribution in [1.29, 1.82) is 0 Å². The third-order valence-corrected chi connectivity index (χ3v) is 2.21. The van der Waals surface area contributed by atoms with Crippen LogP contribution in [0.4, 0.5) is 0 Å². The molecule has 0 aromatic carbocycles. The second-order valence-electron chi connectivity index (χ2n) is 3.50. The summed E-state index contributed by atoms with van der Waals surface area (Å²) in [6, 6.07) is 0. The molecule has 0 heterocycles. The third-order valence-electron chi connectivity index (χ3n) is 2.21. The summed E-state index contributed by atoms with van der Waals surface area (Å²) < 4.78 is 0. The van der Waals surface area contributed by atoms with Crippen LogP contribution in [-0.2, 0) is 4.79 Å². The van der Waals surface area contributed by atoms with E-state index in [2.05, 4.69) is 0 Å². The van der Waals surface area contributed by atoms with E-state index in [1.54, 1.807) is 0 Å². The van der Waals surface area contributed by atoms with Gasteiger partial charge in [0.1, 0.15) is 30.5 Å². The minimum atomic E-state index is -2.36. The Morgan fingerprint density at radius 1 is 0.833 bits per heavy atom. The molecule has 0 aliphatic rings. The Labute approximate surface area is 132 Å². The summed E-state index contributed by atoms with van der Waals surface area (Å²) in [4.78, 5) is 10.3. The standard InChI is InChI=1S/C8H16O9.Ca/c9-1-2(10)3(11)4(12)5(13)6(14)7(15)8(16)17;/h2-7,9-15H,1H2,(H,16,17);/q;+2. The van der Waals surface area contributed by atoms with Gasteiger partial charge in [-0.1, -0.05) is 0 Å². The van der Waals surface area contributed by atoms with E-state index in [1.165, 1.54) is 0 Å². The molecule has 0 rings (SSSR count). The van der Waals surface area contributed by atoms with E-state index in [0.29, 0.717) is 0 Å². The van der Waals surface area contributed by atoms with Crippen molar-refractivity contribution < 1.29 is 45.6 Å². The number of carbonyl (C=O) groups is 1. The molecule has 0 saturated carbocycles. The van der Waals surface area contributed by atoms with Gasteiger partial charge < -0.3 is 40.9 Å². The van der Waals surface area contributed by atoms with E-state index >= 15 is 0 Å². The van der Waals surface area contributed by atoms with Crippen molar-refractivity contribution in [3.05, 3.63) is 0 Å². The molecule has 0 bridgehead atoms. The smallest absolute Gasteiger partial charge is 0.479 e. The summed E-state index contributed by atoms with van der Waals surface area (Å²) >= 11 is 0. The summed E-state index contributed by atoms with van der Waals surface area (Å²) in [6.45, 7) is -0.914. The summed E-state index contributed by atoms with van der Waals surface area (Å²) in [5.41, 5.74) is 0. The van der Waals surface area contributed by atoms with Crippen molar-refractivity contribution in [1.82, 2.24) is 0 Å². The quantitative estimate of drug-likeness (QED) is 0.213. The third kappa shape index (κ3) is 5.61. The first-order chi connectivity index (χ1) is 7.73. The van der Waals surface area contributed by atoms with Crippen LogP contribution in [0.2, 0.25) is 0 Å². The van der Waals surface area contributed by atoms with Gasteiger partial charge in [-0.15, -0.1) is 0 Å². The number of carboxylic acids is 1. The summed E-state index contributed by atoms with van der Waals surface area (Å²) in [5.74, 6) is -1.83. The van der Waals surface area contributed by atoms with Gasteiger partial charge in [0.05, 0.1) is 6.61 Å². The van der Waals surface area contributed by atoms with Gasteiger partial charge in [0.25, 0.3) is 0 Å². The molecule has 9 nitrogen and oxygen atoms in total. The van der Waals surface area contributed by atoms with Crippen molar-refractivity contribution in [3.8, 4) is 0 Å². The van der Waals surface area contributed by atoms with Gasteiger partial charge in [-0.25, -0.2) is 4.79 Å². The maximum absolute atomic E-state index is 10.3. The molecule has 0 fully saturated rings. The molecule has 0 amide bonds. The summed E-state index contributed by atoms with van der Waals surface area (Å²) in [5, 5.41) is 71.4. The Balaban J connectivity index is 0. The molecule has 8 N–H and O–H groups in total. The fourth-order valence-electron chi connectivity index (χ4n) is 1.07. The molecule has 18 heavy (non-hydrogen) atoms. The molecule has 102 valence electrons. The Hall–Kier alpha value is 0.450. The van der Waals surface area contributed by atoms with Crippen LogP contribution in [-0.4, -0.2) is 128 Å². The second-order valence-corrected chi connectivity index (χ2v) is 3.50. The van der Waals surface area contributed by atoms with E-state index < -0.39 is 49.2 Å². The predicted octanol–water partition coefficient (Wildman–Crippen LogP) is -5.15. The number of hydrogen-bond acceptors (Lipinski definition) is 8. The van der Waals surface area contributed by atoms with Crippen LogP contribution in [0.15, 0.2) is 0 Å². The van der Waals surface area contributed by atoms with Crippen LogP contribution in [0, 0.1) is 0 Å². The number of aliphatic hydroxyl groups is 7. The molecule has 0 aromatic rings. The molecule has 0 radical (unpaired) electrons. The molecule has 10 heteroatoms. The van der Waals surface area contributed by atoms with Crippen LogP contribution in [0.3, 0.4) is 0 Å². The van der Waals surface area contributed by atoms with Crippen molar-refractivity contribution in [3.63, 3.8) is 0 Å². The Kier molecular flexibility index (Phi) is 10.8. The largest absolute Gasteiger partial charge is 2.00 e. The summed E-state index contributed by atoms with van der Waals surface area (Å²) in [6.07, 6.45) is -12.8. The first kappa shape index (κ1) is 20.8. The zero-order chi connectivity index (χ0) is 13.7. The van der Waals surface area contributed by atoms with Crippen molar-refractivity contribution in [2.75, 3.05) is 6.61 Å². The first-order valence-electron chi connectivity index (χ1n) is 4.66. The number of carboxylic acid groups (broad SMARTS) is 1. The van der Waals surface area contributed by atoms with E-state index in [9.17, 15) is 15.0 Å². The molecule has 0 spiro atoms. The van der Waals surface area contributed by atoms with Gasteiger partial charge in [-0.05, 0) is 0 Å². The number of hydrogen-bond donors (Lipinski definition) is 8. The van der Waals surface area contributed by atoms with Crippen LogP contribution in [0.25, 0.3) is 0 Å². The van der Waals surface area contributed by atoms with E-state index in [0.717, 1.165) is 0 Å². The number of aliphatic carboxylic acids is 1. The number of aliphatic hydroxyl groups excluding tert-OH is 7. The van der Waals surface area contributed by atoms with Gasteiger partial charge >= 0.3 is 43.7 Å². The van der Waals surface area contributed by atoms with E-state index in [4.69, 9.17) is 30.6 Å². The van der Waals surface area contributed by atoms with Crippen molar-refractivity contribution in [2.45, 2.75) is 36.6 Å². The maximum Gasteiger partial charge on any atom is 2.00 e. The summed E-state index contributed by atoms with van der Waals surface area (Å²) in [7, 11) is 0. The maximum atomic E-state index is 10.3. The molecule has 0 aliphatic carbocycles. The zero-order valence-corrected chi connectivity index (χ0v) is 11.6. The topological polar surface area (TPSA) is 179 Å². The minimum absolute atomic E-state index is 0. The molecule has 0 aromatic heterocycles. The Morgan fingerprint density at radius 3 is 1.56 bits per heavy atom. The fourth-order valence-corrected chi connectivity index (χ4v) is 1.07. The van der Waals surface area contributed by atoms with E-state index in [1.807, 2.05) is 0 Å². The van der Waals surface area contributed by atoms with Gasteiger partial charge in [0.15, 0.2) is 6.10 Å². The average molecular weight is 296 g/mol. The van der Waals surface area contributed by atoms with Gasteiger partial charge in [0.2, 0.25) is 0 Å². The van der Waals surface area contributed by atoms with Crippen LogP contribution < -0.4 is 0 Å². The molecule has 6 unspecified atom stereocenters. The Morgan fingerprint density at radius 2 is 1.22 bits per heavy atom. The molecular weight excluding hydrogens is 280 g/mol. The van der Waals surface area contributed by atoms with E-state index in [-0.39, 0.29) is 37.7 Å². The molecule has 6 atom stereocenters. The minimum Gasteiger partial charge on any atom is -0.479 e. The molecule has 0 saturated heterocycles. The first-order valence-corrected chi connectivity index (χ1v) is 4.66. The van der Waals surface area contributed by atoms with Crippen LogP contribution in [0.5, 0.6) is 0 Å². The molecule has 0 aliphatic heterocycles. The van der Waals surface area contributed by atoms with Crippen molar-refractivity contribution in [2.24, 2.45) is 0 Å². The number of rotatable bonds is 7. The van der Waals surface area contributed by atoms with Gasteiger partial charge in [0, 0.05) is 0 Å². The Bertz CT molecular complexity index is 251. The van der Waals surface area contributed by atoms with Crippen LogP contribution >= 0.6 is 0 Å². The normalized spacial score (nSPS) is 21.1. The molecular formula is C8H16CaO9+2. The average Bonchev–Trinajstić information content (AvgIpc) is 2.32. The predicted molar refractivity (Wildman–Crippen MR) is 56.5 cm³/mol. The zero-order valence-electron chi connectivity index (χ0n) is 9.36. The van der Waals surface area contributed by atoms with Crippen LogP contribution in [0.1, 0.15) is 0 Å². The van der Waals surface area contributed by atoms with Gasteiger partial charge in [-0.2, -0.15) is 0 Å². The fraction of sp³-hybridized carbons (Fsp3) is 0.875. The SMILES string of the molecule is O=C(O)C(O)C(O)C(O)C(O)C(O)C(O)CO.[Ca+2].